The number of nitrogens with two attached hydrogens (primary N) is 1. The third-order valence-corrected chi connectivity index (χ3v) is 4.90. The molecule has 3 unspecified atom stereocenters. The van der Waals surface area contributed by atoms with E-state index in [-0.39, 0.29) is 17.8 Å². The van der Waals surface area contributed by atoms with Gasteiger partial charge in [0.15, 0.2) is 5.82 Å². The van der Waals surface area contributed by atoms with Crippen molar-refractivity contribution in [1.29, 1.82) is 5.26 Å². The highest BCUT2D eigenvalue weighted by atomic mass is 19.4. The molecule has 8 nitrogen and oxygen atoms in total. The summed E-state index contributed by atoms with van der Waals surface area (Å²) in [5.41, 5.74) is 5.75. The molecule has 0 bridgehead atoms. The first-order valence-electron chi connectivity index (χ1n) is 9.13. The van der Waals surface area contributed by atoms with E-state index >= 15 is 0 Å². The second-order valence-corrected chi connectivity index (χ2v) is 7.04. The summed E-state index contributed by atoms with van der Waals surface area (Å²) in [7, 11) is 0. The number of nitrogens with zero attached hydrogens (tertiary/aromatic N) is 4. The Morgan fingerprint density at radius 1 is 1.40 bits per heavy atom. The molecule has 3 atom stereocenters. The molecule has 160 valence electrons. The van der Waals surface area contributed by atoms with Gasteiger partial charge in [0, 0.05) is 30.2 Å². The van der Waals surface area contributed by atoms with Crippen molar-refractivity contribution >= 4 is 17.4 Å². The van der Waals surface area contributed by atoms with Crippen LogP contribution in [0.3, 0.4) is 0 Å². The van der Waals surface area contributed by atoms with Crippen LogP contribution in [0.15, 0.2) is 24.5 Å². The molecule has 1 saturated carbocycles. The van der Waals surface area contributed by atoms with Crippen LogP contribution in [0.1, 0.15) is 35.7 Å². The summed E-state index contributed by atoms with van der Waals surface area (Å²) in [6.07, 6.45) is -0.702. The van der Waals surface area contributed by atoms with Crippen molar-refractivity contribution in [3.8, 4) is 6.07 Å². The molecule has 12 heteroatoms. The number of aromatic nitrogens is 3. The number of pyridine rings is 1. The van der Waals surface area contributed by atoms with Crippen LogP contribution < -0.4 is 16.4 Å². The minimum Gasteiger partial charge on any atom is -0.365 e. The monoisotopic (exact) mass is 425 g/mol. The van der Waals surface area contributed by atoms with Gasteiger partial charge in [0.2, 0.25) is 5.95 Å². The van der Waals surface area contributed by atoms with Gasteiger partial charge >= 0.3 is 6.18 Å². The van der Waals surface area contributed by atoms with Crippen molar-refractivity contribution in [2.24, 2.45) is 11.7 Å². The third kappa shape index (κ3) is 5.24. The highest BCUT2D eigenvalue weighted by Gasteiger charge is 2.35. The van der Waals surface area contributed by atoms with Crippen molar-refractivity contribution in [2.75, 3.05) is 11.9 Å². The SMILES string of the molecule is N#CC1CC(NCC(F)(F)F)CCC1n1cc(C(N)=O)c(Nc2ccnc(F)c2)n1. The van der Waals surface area contributed by atoms with Crippen molar-refractivity contribution in [1.82, 2.24) is 20.1 Å². The van der Waals surface area contributed by atoms with Gasteiger partial charge in [-0.15, -0.1) is 0 Å². The van der Waals surface area contributed by atoms with Gasteiger partial charge < -0.3 is 16.4 Å². The Hall–Kier alpha value is -3.20. The number of anilines is 2. The van der Waals surface area contributed by atoms with E-state index in [0.717, 1.165) is 6.07 Å². The largest absolute Gasteiger partial charge is 0.401 e. The Morgan fingerprint density at radius 3 is 2.80 bits per heavy atom. The first-order valence-corrected chi connectivity index (χ1v) is 9.13. The van der Waals surface area contributed by atoms with E-state index in [9.17, 15) is 27.6 Å². The molecule has 2 heterocycles. The van der Waals surface area contributed by atoms with E-state index in [1.165, 1.54) is 23.1 Å². The van der Waals surface area contributed by atoms with Gasteiger partial charge in [-0.2, -0.15) is 27.9 Å². The normalized spacial score (nSPS) is 21.8. The van der Waals surface area contributed by atoms with Crippen LogP contribution in [0.25, 0.3) is 0 Å². The molecule has 1 aliphatic rings. The molecule has 0 radical (unpaired) electrons. The van der Waals surface area contributed by atoms with Gasteiger partial charge in [-0.1, -0.05) is 0 Å². The lowest BCUT2D eigenvalue weighted by molar-refractivity contribution is -0.126. The Labute approximate surface area is 169 Å². The zero-order chi connectivity index (χ0) is 21.9. The first-order chi connectivity index (χ1) is 14.2. The van der Waals surface area contributed by atoms with E-state index in [2.05, 4.69) is 26.8 Å². The highest BCUT2D eigenvalue weighted by molar-refractivity contribution is 5.98. The summed E-state index contributed by atoms with van der Waals surface area (Å²) >= 11 is 0. The van der Waals surface area contributed by atoms with E-state index in [0.29, 0.717) is 18.5 Å². The number of amides is 1. The van der Waals surface area contributed by atoms with Crippen LogP contribution in [0, 0.1) is 23.2 Å². The number of carbonyl (C=O) groups excluding carboxylic acids is 1. The molecule has 0 saturated heterocycles. The summed E-state index contributed by atoms with van der Waals surface area (Å²) in [4.78, 5) is 15.3. The molecule has 0 aliphatic heterocycles. The highest BCUT2D eigenvalue weighted by Crippen LogP contribution is 2.35. The van der Waals surface area contributed by atoms with E-state index in [4.69, 9.17) is 5.73 Å². The fourth-order valence-electron chi connectivity index (χ4n) is 3.51. The van der Waals surface area contributed by atoms with E-state index < -0.39 is 42.6 Å². The maximum atomic E-state index is 13.3. The molecule has 30 heavy (non-hydrogen) atoms. The topological polar surface area (TPSA) is 122 Å². The maximum absolute atomic E-state index is 13.3. The van der Waals surface area contributed by atoms with Crippen LogP contribution in [-0.4, -0.2) is 39.4 Å². The van der Waals surface area contributed by atoms with Gasteiger partial charge in [-0.05, 0) is 25.3 Å². The summed E-state index contributed by atoms with van der Waals surface area (Å²) in [5, 5.41) is 19.1. The molecular weight excluding hydrogens is 406 g/mol. The molecular formula is C18H19F4N7O. The average molecular weight is 425 g/mol. The molecule has 4 N–H and O–H groups in total. The molecule has 1 amide bonds. The first kappa shape index (κ1) is 21.5. The quantitative estimate of drug-likeness (QED) is 0.483. The van der Waals surface area contributed by atoms with Gasteiger partial charge in [0.25, 0.3) is 5.91 Å². The average Bonchev–Trinajstić information content (AvgIpc) is 3.09. The summed E-state index contributed by atoms with van der Waals surface area (Å²) in [6, 6.07) is 3.81. The fraction of sp³-hybridized carbons (Fsp3) is 0.444. The lowest BCUT2D eigenvalue weighted by Gasteiger charge is -2.33. The van der Waals surface area contributed by atoms with E-state index in [1.807, 2.05) is 0 Å². The lowest BCUT2D eigenvalue weighted by Crippen LogP contribution is -2.42. The summed E-state index contributed by atoms with van der Waals surface area (Å²) in [5.74, 6) is -2.03. The van der Waals surface area contributed by atoms with Gasteiger partial charge in [0.05, 0.1) is 24.6 Å². The predicted octanol–water partition coefficient (Wildman–Crippen LogP) is 2.64. The van der Waals surface area contributed by atoms with Gasteiger partial charge in [0.1, 0.15) is 5.56 Å². The number of rotatable bonds is 6. The number of carbonyl (C=O) groups is 1. The molecule has 0 aromatic carbocycles. The van der Waals surface area contributed by atoms with Crippen LogP contribution >= 0.6 is 0 Å². The number of alkyl halides is 3. The lowest BCUT2D eigenvalue weighted by atomic mass is 9.82. The van der Waals surface area contributed by atoms with Crippen LogP contribution in [-0.2, 0) is 0 Å². The number of nitrogens with one attached hydrogen (secondary N) is 2. The number of halogens is 4. The van der Waals surface area contributed by atoms with Gasteiger partial charge in [-0.3, -0.25) is 9.48 Å². The van der Waals surface area contributed by atoms with Crippen LogP contribution in [0.4, 0.5) is 29.1 Å². The third-order valence-electron chi connectivity index (χ3n) is 4.90. The second-order valence-electron chi connectivity index (χ2n) is 7.04. The molecule has 3 rings (SSSR count). The zero-order valence-electron chi connectivity index (χ0n) is 15.7. The number of hydrogen-bond acceptors (Lipinski definition) is 6. The standard InChI is InChI=1S/C18H19F4N7O/c19-15-6-12(3-4-25-15)27-17-13(16(24)30)8-29(28-17)14-2-1-11(5-10(14)7-23)26-9-18(20,21)22/h3-4,6,8,10-11,14,26H,1-2,5,9H2,(H2,24,30)(H,25,27,28). The van der Waals surface area contributed by atoms with Crippen molar-refractivity contribution in [2.45, 2.75) is 37.5 Å². The Morgan fingerprint density at radius 2 is 2.17 bits per heavy atom. The number of nitriles is 1. The van der Waals surface area contributed by atoms with Gasteiger partial charge in [-0.25, -0.2) is 4.98 Å². The number of hydrogen-bond donors (Lipinski definition) is 3. The van der Waals surface area contributed by atoms with Crippen molar-refractivity contribution < 1.29 is 22.4 Å². The Kier molecular flexibility index (Phi) is 6.21. The van der Waals surface area contributed by atoms with Crippen LogP contribution in [0.5, 0.6) is 0 Å². The van der Waals surface area contributed by atoms with Crippen molar-refractivity contribution in [3.05, 3.63) is 36.0 Å². The minimum atomic E-state index is -4.33. The smallest absolute Gasteiger partial charge is 0.365 e. The molecule has 0 spiro atoms. The molecule has 2 aromatic rings. The predicted molar refractivity (Wildman–Crippen MR) is 98.1 cm³/mol. The minimum absolute atomic E-state index is 0.0428. The van der Waals surface area contributed by atoms with Crippen molar-refractivity contribution in [3.63, 3.8) is 0 Å². The molecule has 1 aliphatic carbocycles. The molecule has 1 fully saturated rings. The van der Waals surface area contributed by atoms with Crippen LogP contribution in [0.2, 0.25) is 0 Å². The maximum Gasteiger partial charge on any atom is 0.401 e. The second kappa shape index (κ2) is 8.66. The Balaban J connectivity index is 1.78. The molecule has 2 aromatic heterocycles. The summed E-state index contributed by atoms with van der Waals surface area (Å²) < 4.78 is 52.1. The summed E-state index contributed by atoms with van der Waals surface area (Å²) in [6.45, 7) is -1.12. The fourth-order valence-corrected chi connectivity index (χ4v) is 3.51. The number of primary amides is 1. The van der Waals surface area contributed by atoms with E-state index in [1.54, 1.807) is 0 Å². The Bertz CT molecular complexity index is 953. The zero-order valence-corrected chi connectivity index (χ0v) is 15.7.